The van der Waals surface area contributed by atoms with Crippen LogP contribution in [0.5, 0.6) is 0 Å². The highest BCUT2D eigenvalue weighted by Crippen LogP contribution is 2.40. The van der Waals surface area contributed by atoms with Gasteiger partial charge in [-0.05, 0) is 44.2 Å². The zero-order valence-electron chi connectivity index (χ0n) is 20.3. The summed E-state index contributed by atoms with van der Waals surface area (Å²) in [6, 6.07) is 5.86. The summed E-state index contributed by atoms with van der Waals surface area (Å²) in [5.74, 6) is -5.82. The predicted molar refractivity (Wildman–Crippen MR) is 135 cm³/mol. The second kappa shape index (κ2) is 12.2. The molecule has 1 aliphatic heterocycles. The molecule has 1 amide bonds. The minimum absolute atomic E-state index is 0. The topological polar surface area (TPSA) is 112 Å². The van der Waals surface area contributed by atoms with Gasteiger partial charge in [-0.2, -0.15) is 22.0 Å². The van der Waals surface area contributed by atoms with Crippen molar-refractivity contribution in [3.8, 4) is 11.3 Å². The normalized spacial score (nSPS) is 18.0. The minimum atomic E-state index is -5.65. The molecule has 1 aromatic carbocycles. The van der Waals surface area contributed by atoms with Crippen molar-refractivity contribution in [3.05, 3.63) is 42.4 Å². The molecule has 218 valence electrons. The summed E-state index contributed by atoms with van der Waals surface area (Å²) in [5, 5.41) is 9.30. The first kappa shape index (κ1) is 33.1. The van der Waals surface area contributed by atoms with E-state index in [1.54, 1.807) is 0 Å². The maximum absolute atomic E-state index is 13.6. The molecule has 0 atom stereocenters. The van der Waals surface area contributed by atoms with E-state index in [1.165, 1.54) is 35.9 Å². The molecule has 0 unspecified atom stereocenters. The molecular weight excluding hydrogens is 594 g/mol. The molecule has 2 fully saturated rings. The maximum atomic E-state index is 13.6. The number of carbonyl (C=O) groups is 1. The minimum Gasteiger partial charge on any atom is -0.300 e. The van der Waals surface area contributed by atoms with E-state index in [9.17, 15) is 40.4 Å². The van der Waals surface area contributed by atoms with Gasteiger partial charge in [0.25, 0.3) is 5.91 Å². The number of piperidine rings is 1. The molecule has 2 N–H and O–H groups in total. The van der Waals surface area contributed by atoms with Crippen molar-refractivity contribution in [2.24, 2.45) is 0 Å². The van der Waals surface area contributed by atoms with Crippen LogP contribution in [-0.2, 0) is 21.1 Å². The summed E-state index contributed by atoms with van der Waals surface area (Å²) in [7, 11) is -4.20. The van der Waals surface area contributed by atoms with Gasteiger partial charge >= 0.3 is 12.1 Å². The highest BCUT2D eigenvalue weighted by Gasteiger charge is 2.57. The number of rotatable bonds is 8. The van der Waals surface area contributed by atoms with Crippen molar-refractivity contribution < 1.29 is 40.4 Å². The van der Waals surface area contributed by atoms with Gasteiger partial charge in [-0.15, -0.1) is 24.8 Å². The summed E-state index contributed by atoms with van der Waals surface area (Å²) < 4.78 is 88.5. The van der Waals surface area contributed by atoms with Crippen molar-refractivity contribution in [2.75, 3.05) is 13.1 Å². The van der Waals surface area contributed by atoms with Gasteiger partial charge in [0.05, 0.1) is 22.5 Å². The number of aromatic nitrogens is 2. The van der Waals surface area contributed by atoms with Crippen LogP contribution < -0.4 is 5.48 Å². The third-order valence-corrected chi connectivity index (χ3v) is 9.49. The van der Waals surface area contributed by atoms with Crippen LogP contribution in [0, 0.1) is 0 Å². The SMILES string of the molecule is Cl.Cl.O=C(NO)C1(S(=O)(=O)c2ccc(-c3cnc(CCC(F)(F)C(F)(F)F)cn3)cc2)CCN(C2CC2)CC1. The number of aryl methyl sites for hydroxylation is 1. The van der Waals surface area contributed by atoms with E-state index in [2.05, 4.69) is 14.9 Å². The number of hydrogen-bond donors (Lipinski definition) is 2. The number of carbonyl (C=O) groups excluding carboxylic acids is 1. The lowest BCUT2D eigenvalue weighted by Gasteiger charge is -2.39. The first-order chi connectivity index (χ1) is 17.3. The van der Waals surface area contributed by atoms with Crippen LogP contribution in [0.15, 0.2) is 41.6 Å². The summed E-state index contributed by atoms with van der Waals surface area (Å²) in [6.45, 7) is 0.818. The van der Waals surface area contributed by atoms with Crippen LogP contribution in [0.1, 0.15) is 37.8 Å². The van der Waals surface area contributed by atoms with E-state index in [0.717, 1.165) is 19.0 Å². The Bertz CT molecular complexity index is 1240. The predicted octanol–water partition coefficient (Wildman–Crippen LogP) is 4.39. The second-order valence-corrected chi connectivity index (χ2v) is 11.6. The number of hydroxylamine groups is 1. The molecule has 1 saturated heterocycles. The van der Waals surface area contributed by atoms with Gasteiger partial charge in [-0.25, -0.2) is 13.9 Å². The Morgan fingerprint density at radius 2 is 1.62 bits per heavy atom. The summed E-state index contributed by atoms with van der Waals surface area (Å²) in [4.78, 5) is 22.6. The number of benzene rings is 1. The van der Waals surface area contributed by atoms with Gasteiger partial charge in [0.2, 0.25) is 0 Å². The largest absolute Gasteiger partial charge is 0.453 e. The lowest BCUT2D eigenvalue weighted by molar-refractivity contribution is -0.284. The fourth-order valence-electron chi connectivity index (χ4n) is 4.50. The molecule has 39 heavy (non-hydrogen) atoms. The molecule has 2 heterocycles. The molecule has 16 heteroatoms. The van der Waals surface area contributed by atoms with E-state index >= 15 is 0 Å². The zero-order valence-corrected chi connectivity index (χ0v) is 22.8. The first-order valence-corrected chi connectivity index (χ1v) is 13.1. The van der Waals surface area contributed by atoms with Gasteiger partial charge in [-0.1, -0.05) is 12.1 Å². The van der Waals surface area contributed by atoms with E-state index in [1.807, 2.05) is 0 Å². The third-order valence-electron chi connectivity index (χ3n) is 6.97. The number of halogens is 7. The van der Waals surface area contributed by atoms with Crippen molar-refractivity contribution >= 4 is 40.6 Å². The molecule has 4 rings (SSSR count). The van der Waals surface area contributed by atoms with Gasteiger partial charge in [-0.3, -0.25) is 20.0 Å². The summed E-state index contributed by atoms with van der Waals surface area (Å²) >= 11 is 0. The molecule has 0 bridgehead atoms. The van der Waals surface area contributed by atoms with Crippen LogP contribution in [0.25, 0.3) is 11.3 Å². The number of alkyl halides is 5. The van der Waals surface area contributed by atoms with Crippen molar-refractivity contribution in [2.45, 2.75) is 66.3 Å². The lowest BCUT2D eigenvalue weighted by Crippen LogP contribution is -2.58. The van der Waals surface area contributed by atoms with Crippen LogP contribution >= 0.6 is 24.8 Å². The van der Waals surface area contributed by atoms with Crippen LogP contribution in [0.3, 0.4) is 0 Å². The molecule has 1 saturated carbocycles. The molecule has 0 spiro atoms. The van der Waals surface area contributed by atoms with Crippen LogP contribution in [0.4, 0.5) is 22.0 Å². The summed E-state index contributed by atoms with van der Waals surface area (Å²) in [6.07, 6.45) is -3.33. The first-order valence-electron chi connectivity index (χ1n) is 11.6. The average Bonchev–Trinajstić information content (AvgIpc) is 3.72. The molecule has 2 aliphatic rings. The Balaban J connectivity index is 0.00000267. The third kappa shape index (κ3) is 6.62. The Labute approximate surface area is 234 Å². The molecule has 2 aromatic rings. The molecule has 0 radical (unpaired) electrons. The molecule has 8 nitrogen and oxygen atoms in total. The van der Waals surface area contributed by atoms with E-state index in [0.29, 0.717) is 24.7 Å². The van der Waals surface area contributed by atoms with Gasteiger partial charge in [0.15, 0.2) is 14.6 Å². The van der Waals surface area contributed by atoms with Crippen LogP contribution in [-0.4, -0.2) is 70.4 Å². The van der Waals surface area contributed by atoms with Crippen molar-refractivity contribution in [1.29, 1.82) is 0 Å². The Kier molecular flexibility index (Phi) is 10.3. The number of hydrogen-bond acceptors (Lipinski definition) is 7. The van der Waals surface area contributed by atoms with E-state index in [4.69, 9.17) is 0 Å². The Hall–Kier alpha value is -2.13. The standard InChI is InChI=1S/C23H25F5N4O4S.2ClH/c24-22(25,23(26,27)28)8-7-16-13-30-19(14-29-16)15-1-5-18(6-2-15)37(35,36)21(20(33)31-34)9-11-32(12-10-21)17-3-4-17;;/h1-2,5-6,13-14,17,34H,3-4,7-12H2,(H,31,33);2*1H. The highest BCUT2D eigenvalue weighted by molar-refractivity contribution is 7.93. The smallest absolute Gasteiger partial charge is 0.300 e. The monoisotopic (exact) mass is 620 g/mol. The zero-order chi connectivity index (χ0) is 27.1. The highest BCUT2D eigenvalue weighted by atomic mass is 35.5. The molecule has 1 aliphatic carbocycles. The van der Waals surface area contributed by atoms with E-state index in [-0.39, 0.29) is 53.9 Å². The van der Waals surface area contributed by atoms with Gasteiger partial charge in [0, 0.05) is 37.3 Å². The van der Waals surface area contributed by atoms with Crippen molar-refractivity contribution in [3.63, 3.8) is 0 Å². The van der Waals surface area contributed by atoms with Crippen LogP contribution in [0.2, 0.25) is 0 Å². The fraction of sp³-hybridized carbons (Fsp3) is 0.522. The number of nitrogens with zero attached hydrogens (tertiary/aromatic N) is 3. The second-order valence-electron chi connectivity index (χ2n) is 9.33. The average molecular weight is 621 g/mol. The van der Waals surface area contributed by atoms with Gasteiger partial charge < -0.3 is 4.90 Å². The molecular formula is C23H27Cl2F5N4O4S. The van der Waals surface area contributed by atoms with Gasteiger partial charge in [0.1, 0.15) is 0 Å². The maximum Gasteiger partial charge on any atom is 0.453 e. The molecule has 1 aromatic heterocycles. The van der Waals surface area contributed by atoms with E-state index < -0.39 is 45.4 Å². The number of amides is 1. The quantitative estimate of drug-likeness (QED) is 0.256. The number of likely N-dealkylation sites (tertiary alicyclic amines) is 1. The fourth-order valence-corrected chi connectivity index (χ4v) is 6.46. The number of nitrogens with one attached hydrogen (secondary N) is 1. The summed E-state index contributed by atoms with van der Waals surface area (Å²) in [5.41, 5.74) is 2.13. The lowest BCUT2D eigenvalue weighted by atomic mass is 9.94. The Morgan fingerprint density at radius 3 is 2.08 bits per heavy atom. The van der Waals surface area contributed by atoms with Crippen molar-refractivity contribution in [1.82, 2.24) is 20.3 Å². The Morgan fingerprint density at radius 1 is 1.03 bits per heavy atom. The number of sulfone groups is 1.